The molecule has 0 aliphatic heterocycles. The Kier molecular flexibility index (Phi) is 6.25. The standard InChI is InChI=1S/C12H18ClN3O3S/c1-2-5-15-11-4-3-9(13)8-10(11)12(17)16-6-7-20(14,18)19/h3-4,8,15H,2,5-7H2,1H3,(H,16,17)(H2,14,18,19). The van der Waals surface area contributed by atoms with Crippen LogP contribution in [-0.4, -0.2) is 33.2 Å². The molecule has 0 atom stereocenters. The second kappa shape index (κ2) is 7.47. The fourth-order valence-electron chi connectivity index (χ4n) is 1.52. The van der Waals surface area contributed by atoms with Gasteiger partial charge in [-0.2, -0.15) is 0 Å². The molecular formula is C12H18ClN3O3S. The van der Waals surface area contributed by atoms with Crippen LogP contribution in [0, 0.1) is 0 Å². The van der Waals surface area contributed by atoms with E-state index < -0.39 is 15.9 Å². The number of sulfonamides is 1. The van der Waals surface area contributed by atoms with Crippen LogP contribution >= 0.6 is 11.6 Å². The molecule has 0 saturated carbocycles. The van der Waals surface area contributed by atoms with Crippen molar-refractivity contribution in [3.63, 3.8) is 0 Å². The Labute approximate surface area is 123 Å². The number of benzene rings is 1. The number of rotatable bonds is 7. The van der Waals surface area contributed by atoms with Crippen LogP contribution < -0.4 is 15.8 Å². The molecule has 112 valence electrons. The minimum atomic E-state index is -3.59. The van der Waals surface area contributed by atoms with Crippen LogP contribution in [0.5, 0.6) is 0 Å². The first-order chi connectivity index (χ1) is 9.33. The van der Waals surface area contributed by atoms with Gasteiger partial charge in [0.1, 0.15) is 0 Å². The molecule has 0 heterocycles. The molecule has 0 unspecified atom stereocenters. The summed E-state index contributed by atoms with van der Waals surface area (Å²) < 4.78 is 21.6. The number of hydrogen-bond acceptors (Lipinski definition) is 4. The van der Waals surface area contributed by atoms with Gasteiger partial charge in [-0.25, -0.2) is 13.6 Å². The predicted molar refractivity (Wildman–Crippen MR) is 80.5 cm³/mol. The number of carbonyl (C=O) groups excluding carboxylic acids is 1. The number of nitrogens with one attached hydrogen (secondary N) is 2. The molecule has 0 aliphatic carbocycles. The molecule has 0 fully saturated rings. The van der Waals surface area contributed by atoms with Crippen LogP contribution in [0.25, 0.3) is 0 Å². The second-order valence-corrected chi connectivity index (χ2v) is 6.41. The maximum atomic E-state index is 12.0. The smallest absolute Gasteiger partial charge is 0.253 e. The Balaban J connectivity index is 2.77. The number of halogens is 1. The monoisotopic (exact) mass is 319 g/mol. The van der Waals surface area contributed by atoms with E-state index in [1.165, 1.54) is 6.07 Å². The van der Waals surface area contributed by atoms with Gasteiger partial charge in [0, 0.05) is 23.8 Å². The summed E-state index contributed by atoms with van der Waals surface area (Å²) in [4.78, 5) is 12.0. The Morgan fingerprint density at radius 2 is 2.05 bits per heavy atom. The lowest BCUT2D eigenvalue weighted by Gasteiger charge is -2.12. The Morgan fingerprint density at radius 3 is 2.65 bits per heavy atom. The number of carbonyl (C=O) groups is 1. The quantitative estimate of drug-likeness (QED) is 0.702. The molecule has 0 aliphatic rings. The minimum Gasteiger partial charge on any atom is -0.384 e. The van der Waals surface area contributed by atoms with Crippen molar-refractivity contribution in [3.8, 4) is 0 Å². The van der Waals surface area contributed by atoms with E-state index >= 15 is 0 Å². The van der Waals surface area contributed by atoms with Crippen molar-refractivity contribution >= 4 is 33.2 Å². The van der Waals surface area contributed by atoms with Crippen molar-refractivity contribution in [1.82, 2.24) is 5.32 Å². The van der Waals surface area contributed by atoms with Gasteiger partial charge in [-0.1, -0.05) is 18.5 Å². The zero-order chi connectivity index (χ0) is 15.2. The summed E-state index contributed by atoms with van der Waals surface area (Å²) in [6, 6.07) is 4.93. The van der Waals surface area contributed by atoms with E-state index in [1.54, 1.807) is 12.1 Å². The molecule has 1 aromatic carbocycles. The lowest BCUT2D eigenvalue weighted by molar-refractivity contribution is 0.0957. The molecule has 0 saturated heterocycles. The Morgan fingerprint density at radius 1 is 1.35 bits per heavy atom. The molecule has 0 aromatic heterocycles. The molecule has 1 amide bonds. The zero-order valence-corrected chi connectivity index (χ0v) is 12.7. The van der Waals surface area contributed by atoms with Gasteiger partial charge in [0.2, 0.25) is 10.0 Å². The van der Waals surface area contributed by atoms with E-state index in [4.69, 9.17) is 16.7 Å². The van der Waals surface area contributed by atoms with Crippen molar-refractivity contribution in [3.05, 3.63) is 28.8 Å². The highest BCUT2D eigenvalue weighted by atomic mass is 35.5. The van der Waals surface area contributed by atoms with Crippen molar-refractivity contribution in [2.75, 3.05) is 24.2 Å². The molecular weight excluding hydrogens is 302 g/mol. The summed E-state index contributed by atoms with van der Waals surface area (Å²) in [5, 5.41) is 10.9. The molecule has 0 radical (unpaired) electrons. The first-order valence-electron chi connectivity index (χ1n) is 6.15. The van der Waals surface area contributed by atoms with Gasteiger partial charge >= 0.3 is 0 Å². The van der Waals surface area contributed by atoms with E-state index in [0.717, 1.165) is 13.0 Å². The van der Waals surface area contributed by atoms with Crippen molar-refractivity contribution < 1.29 is 13.2 Å². The third-order valence-electron chi connectivity index (χ3n) is 2.46. The van der Waals surface area contributed by atoms with Gasteiger partial charge in [-0.15, -0.1) is 0 Å². The van der Waals surface area contributed by atoms with Crippen LogP contribution in [0.1, 0.15) is 23.7 Å². The summed E-state index contributed by atoms with van der Waals surface area (Å²) in [5.41, 5.74) is 1.03. The summed E-state index contributed by atoms with van der Waals surface area (Å²) in [5.74, 6) is -0.702. The van der Waals surface area contributed by atoms with Crippen molar-refractivity contribution in [2.45, 2.75) is 13.3 Å². The number of primary sulfonamides is 1. The second-order valence-electron chi connectivity index (χ2n) is 4.24. The van der Waals surface area contributed by atoms with Crippen LogP contribution in [0.4, 0.5) is 5.69 Å². The van der Waals surface area contributed by atoms with E-state index in [2.05, 4.69) is 10.6 Å². The SMILES string of the molecule is CCCNc1ccc(Cl)cc1C(=O)NCCS(N)(=O)=O. The maximum Gasteiger partial charge on any atom is 0.253 e. The number of amides is 1. The van der Waals surface area contributed by atoms with Gasteiger partial charge in [-0.05, 0) is 24.6 Å². The molecule has 8 heteroatoms. The number of hydrogen-bond donors (Lipinski definition) is 3. The third-order valence-corrected chi connectivity index (χ3v) is 3.47. The molecule has 0 bridgehead atoms. The lowest BCUT2D eigenvalue weighted by Crippen LogP contribution is -2.31. The minimum absolute atomic E-state index is 0.0442. The van der Waals surface area contributed by atoms with Crippen LogP contribution in [0.3, 0.4) is 0 Å². The predicted octanol–water partition coefficient (Wildman–Crippen LogP) is 1.18. The van der Waals surface area contributed by atoms with Crippen LogP contribution in [0.15, 0.2) is 18.2 Å². The fourth-order valence-corrected chi connectivity index (χ4v) is 2.08. The van der Waals surface area contributed by atoms with Gasteiger partial charge in [0.25, 0.3) is 5.91 Å². The average molecular weight is 320 g/mol. The normalized spacial score (nSPS) is 11.2. The van der Waals surface area contributed by atoms with E-state index in [-0.39, 0.29) is 12.3 Å². The summed E-state index contributed by atoms with van der Waals surface area (Å²) in [6.07, 6.45) is 0.912. The summed E-state index contributed by atoms with van der Waals surface area (Å²) >= 11 is 5.88. The largest absolute Gasteiger partial charge is 0.384 e. The molecule has 20 heavy (non-hydrogen) atoms. The van der Waals surface area contributed by atoms with Gasteiger partial charge < -0.3 is 10.6 Å². The maximum absolute atomic E-state index is 12.0. The summed E-state index contributed by atoms with van der Waals surface area (Å²) in [7, 11) is -3.59. The van der Waals surface area contributed by atoms with Crippen LogP contribution in [0.2, 0.25) is 5.02 Å². The van der Waals surface area contributed by atoms with E-state index in [9.17, 15) is 13.2 Å². The third kappa shape index (κ3) is 5.77. The highest BCUT2D eigenvalue weighted by molar-refractivity contribution is 7.89. The molecule has 1 aromatic rings. The highest BCUT2D eigenvalue weighted by Crippen LogP contribution is 2.20. The molecule has 6 nitrogen and oxygen atoms in total. The van der Waals surface area contributed by atoms with Crippen molar-refractivity contribution in [2.24, 2.45) is 5.14 Å². The van der Waals surface area contributed by atoms with E-state index in [1.807, 2.05) is 6.92 Å². The lowest BCUT2D eigenvalue weighted by atomic mass is 10.1. The summed E-state index contributed by atoms with van der Waals surface area (Å²) in [6.45, 7) is 2.69. The average Bonchev–Trinajstić information content (AvgIpc) is 2.35. The Hall–Kier alpha value is -1.31. The molecule has 0 spiro atoms. The number of nitrogens with two attached hydrogens (primary N) is 1. The first-order valence-corrected chi connectivity index (χ1v) is 8.25. The Bertz CT molecular complexity index is 575. The molecule has 1 rings (SSSR count). The topological polar surface area (TPSA) is 101 Å². The van der Waals surface area contributed by atoms with Gasteiger partial charge in [0.15, 0.2) is 0 Å². The van der Waals surface area contributed by atoms with Gasteiger partial charge in [0.05, 0.1) is 11.3 Å². The van der Waals surface area contributed by atoms with Gasteiger partial charge in [-0.3, -0.25) is 4.79 Å². The van der Waals surface area contributed by atoms with Crippen LogP contribution in [-0.2, 0) is 10.0 Å². The first kappa shape index (κ1) is 16.7. The van der Waals surface area contributed by atoms with Crippen molar-refractivity contribution in [1.29, 1.82) is 0 Å². The highest BCUT2D eigenvalue weighted by Gasteiger charge is 2.12. The zero-order valence-electron chi connectivity index (χ0n) is 11.1. The fraction of sp³-hybridized carbons (Fsp3) is 0.417. The van der Waals surface area contributed by atoms with E-state index in [0.29, 0.717) is 16.3 Å². The number of anilines is 1. The molecule has 4 N–H and O–H groups in total.